The van der Waals surface area contributed by atoms with Crippen LogP contribution in [0, 0.1) is 6.92 Å². The Morgan fingerprint density at radius 3 is 2.67 bits per heavy atom. The zero-order valence-electron chi connectivity index (χ0n) is 10.3. The fourth-order valence-electron chi connectivity index (χ4n) is 1.52. The second-order valence-electron chi connectivity index (χ2n) is 3.81. The van der Waals surface area contributed by atoms with Crippen LogP contribution in [-0.2, 0) is 11.2 Å². The zero-order chi connectivity index (χ0) is 13.0. The molecule has 0 radical (unpaired) electrons. The molecule has 0 fully saturated rings. The Hall–Kier alpha value is -1.88. The van der Waals surface area contributed by atoms with Gasteiger partial charge in [0.1, 0.15) is 5.75 Å². The first kappa shape index (κ1) is 12.6. The summed E-state index contributed by atoms with van der Waals surface area (Å²) >= 11 is 1.50. The van der Waals surface area contributed by atoms with Gasteiger partial charge >= 0.3 is 0 Å². The maximum atomic E-state index is 11.8. The number of aryl methyl sites for hydroxylation is 1. The van der Waals surface area contributed by atoms with Gasteiger partial charge in [0.05, 0.1) is 24.7 Å². The number of anilines is 1. The first-order valence-electron chi connectivity index (χ1n) is 5.52. The van der Waals surface area contributed by atoms with Crippen LogP contribution in [0.1, 0.15) is 10.6 Å². The SMILES string of the molecule is COc1ccc(NC(=O)Cc2scnc2C)cc1. The van der Waals surface area contributed by atoms with Crippen molar-refractivity contribution in [3.63, 3.8) is 0 Å². The number of aromatic nitrogens is 1. The molecule has 1 N–H and O–H groups in total. The van der Waals surface area contributed by atoms with Crippen LogP contribution in [0.3, 0.4) is 0 Å². The van der Waals surface area contributed by atoms with Crippen LogP contribution in [0.5, 0.6) is 5.75 Å². The highest BCUT2D eigenvalue weighted by Crippen LogP contribution is 2.17. The van der Waals surface area contributed by atoms with E-state index >= 15 is 0 Å². The first-order valence-corrected chi connectivity index (χ1v) is 6.40. The van der Waals surface area contributed by atoms with Crippen molar-refractivity contribution < 1.29 is 9.53 Å². The fraction of sp³-hybridized carbons (Fsp3) is 0.231. The van der Waals surface area contributed by atoms with Crippen LogP contribution in [0.25, 0.3) is 0 Å². The van der Waals surface area contributed by atoms with Crippen molar-refractivity contribution in [3.05, 3.63) is 40.3 Å². The molecule has 0 atom stereocenters. The van der Waals surface area contributed by atoms with Crippen molar-refractivity contribution in [1.29, 1.82) is 0 Å². The molecule has 1 aromatic heterocycles. The number of carbonyl (C=O) groups is 1. The normalized spacial score (nSPS) is 10.1. The first-order chi connectivity index (χ1) is 8.69. The van der Waals surface area contributed by atoms with Crippen LogP contribution in [-0.4, -0.2) is 18.0 Å². The molecule has 0 aliphatic rings. The molecule has 0 bridgehead atoms. The predicted molar refractivity (Wildman–Crippen MR) is 72.2 cm³/mol. The third kappa shape index (κ3) is 3.07. The van der Waals surface area contributed by atoms with Crippen molar-refractivity contribution in [2.24, 2.45) is 0 Å². The lowest BCUT2D eigenvalue weighted by Gasteiger charge is -2.05. The number of amides is 1. The Morgan fingerprint density at radius 2 is 2.11 bits per heavy atom. The Labute approximate surface area is 110 Å². The Bertz CT molecular complexity index is 534. The van der Waals surface area contributed by atoms with Crippen molar-refractivity contribution in [1.82, 2.24) is 4.98 Å². The Kier molecular flexibility index (Phi) is 3.94. The summed E-state index contributed by atoms with van der Waals surface area (Å²) in [6.07, 6.45) is 0.364. The Balaban J connectivity index is 1.96. The highest BCUT2D eigenvalue weighted by molar-refractivity contribution is 7.09. The number of hydrogen-bond acceptors (Lipinski definition) is 4. The molecule has 0 aliphatic carbocycles. The monoisotopic (exact) mass is 262 g/mol. The molecular formula is C13H14N2O2S. The van der Waals surface area contributed by atoms with Crippen molar-refractivity contribution >= 4 is 22.9 Å². The molecule has 0 saturated carbocycles. The average Bonchev–Trinajstić information content (AvgIpc) is 2.76. The second kappa shape index (κ2) is 5.64. The number of nitrogens with one attached hydrogen (secondary N) is 1. The minimum atomic E-state index is -0.0347. The summed E-state index contributed by atoms with van der Waals surface area (Å²) in [5.74, 6) is 0.735. The van der Waals surface area contributed by atoms with Gasteiger partial charge in [-0.25, -0.2) is 4.98 Å². The molecular weight excluding hydrogens is 248 g/mol. The molecule has 1 heterocycles. The second-order valence-corrected chi connectivity index (χ2v) is 4.75. The van der Waals surface area contributed by atoms with E-state index in [1.54, 1.807) is 12.6 Å². The van der Waals surface area contributed by atoms with E-state index < -0.39 is 0 Å². The lowest BCUT2D eigenvalue weighted by atomic mass is 10.2. The van der Waals surface area contributed by atoms with Crippen LogP contribution in [0.2, 0.25) is 0 Å². The summed E-state index contributed by atoms with van der Waals surface area (Å²) in [4.78, 5) is 16.9. The van der Waals surface area contributed by atoms with Gasteiger partial charge in [-0.2, -0.15) is 0 Å². The molecule has 2 rings (SSSR count). The molecule has 1 aromatic carbocycles. The van der Waals surface area contributed by atoms with Crippen molar-refractivity contribution in [2.45, 2.75) is 13.3 Å². The van der Waals surface area contributed by atoms with Gasteiger partial charge in [0, 0.05) is 10.6 Å². The van der Waals surface area contributed by atoms with Gasteiger partial charge < -0.3 is 10.1 Å². The van der Waals surface area contributed by atoms with Gasteiger partial charge in [-0.05, 0) is 31.2 Å². The minimum absolute atomic E-state index is 0.0347. The maximum absolute atomic E-state index is 11.8. The topological polar surface area (TPSA) is 51.2 Å². The highest BCUT2D eigenvalue weighted by atomic mass is 32.1. The molecule has 2 aromatic rings. The number of nitrogens with zero attached hydrogens (tertiary/aromatic N) is 1. The minimum Gasteiger partial charge on any atom is -0.497 e. The van der Waals surface area contributed by atoms with E-state index in [0.717, 1.165) is 22.0 Å². The highest BCUT2D eigenvalue weighted by Gasteiger charge is 2.08. The standard InChI is InChI=1S/C13H14N2O2S/c1-9-12(18-8-14-9)7-13(16)15-10-3-5-11(17-2)6-4-10/h3-6,8H,7H2,1-2H3,(H,15,16). The zero-order valence-corrected chi connectivity index (χ0v) is 11.1. The summed E-state index contributed by atoms with van der Waals surface area (Å²) < 4.78 is 5.06. The molecule has 0 unspecified atom stereocenters. The number of rotatable bonds is 4. The number of benzene rings is 1. The number of ether oxygens (including phenoxy) is 1. The molecule has 0 aliphatic heterocycles. The molecule has 5 heteroatoms. The van der Waals surface area contributed by atoms with Gasteiger partial charge in [-0.3, -0.25) is 4.79 Å². The Morgan fingerprint density at radius 1 is 1.39 bits per heavy atom. The summed E-state index contributed by atoms with van der Waals surface area (Å²) in [5, 5.41) is 2.84. The average molecular weight is 262 g/mol. The smallest absolute Gasteiger partial charge is 0.229 e. The van der Waals surface area contributed by atoms with E-state index in [1.807, 2.05) is 31.2 Å². The van der Waals surface area contributed by atoms with Crippen LogP contribution < -0.4 is 10.1 Å². The fourth-order valence-corrected chi connectivity index (χ4v) is 2.30. The quantitative estimate of drug-likeness (QED) is 0.921. The van der Waals surface area contributed by atoms with E-state index in [4.69, 9.17) is 4.74 Å². The van der Waals surface area contributed by atoms with Gasteiger partial charge in [0.25, 0.3) is 0 Å². The largest absolute Gasteiger partial charge is 0.497 e. The van der Waals surface area contributed by atoms with Crippen LogP contribution in [0.15, 0.2) is 29.8 Å². The van der Waals surface area contributed by atoms with E-state index in [-0.39, 0.29) is 5.91 Å². The number of thiazole rings is 1. The van der Waals surface area contributed by atoms with Gasteiger partial charge in [-0.15, -0.1) is 11.3 Å². The molecule has 0 saturated heterocycles. The van der Waals surface area contributed by atoms with E-state index in [9.17, 15) is 4.79 Å². The van der Waals surface area contributed by atoms with Crippen molar-refractivity contribution in [3.8, 4) is 5.75 Å². The molecule has 1 amide bonds. The van der Waals surface area contributed by atoms with Gasteiger partial charge in [-0.1, -0.05) is 0 Å². The van der Waals surface area contributed by atoms with Crippen molar-refractivity contribution in [2.75, 3.05) is 12.4 Å². The van der Waals surface area contributed by atoms with E-state index in [1.165, 1.54) is 11.3 Å². The number of methoxy groups -OCH3 is 1. The van der Waals surface area contributed by atoms with Gasteiger partial charge in [0.2, 0.25) is 5.91 Å². The van der Waals surface area contributed by atoms with Crippen LogP contribution >= 0.6 is 11.3 Å². The summed E-state index contributed by atoms with van der Waals surface area (Å²) in [5.41, 5.74) is 3.44. The molecule has 4 nitrogen and oxygen atoms in total. The van der Waals surface area contributed by atoms with Gasteiger partial charge in [0.15, 0.2) is 0 Å². The number of hydrogen-bond donors (Lipinski definition) is 1. The predicted octanol–water partition coefficient (Wildman–Crippen LogP) is 2.64. The van der Waals surface area contributed by atoms with E-state index in [2.05, 4.69) is 10.3 Å². The third-order valence-electron chi connectivity index (χ3n) is 2.54. The molecule has 0 spiro atoms. The number of carbonyl (C=O) groups excluding carboxylic acids is 1. The summed E-state index contributed by atoms with van der Waals surface area (Å²) in [7, 11) is 1.61. The lowest BCUT2D eigenvalue weighted by Crippen LogP contribution is -2.14. The van der Waals surface area contributed by atoms with Crippen LogP contribution in [0.4, 0.5) is 5.69 Å². The lowest BCUT2D eigenvalue weighted by molar-refractivity contribution is -0.115. The molecule has 94 valence electrons. The summed E-state index contributed by atoms with van der Waals surface area (Å²) in [6, 6.07) is 7.26. The molecule has 18 heavy (non-hydrogen) atoms. The maximum Gasteiger partial charge on any atom is 0.229 e. The third-order valence-corrected chi connectivity index (χ3v) is 3.47. The summed E-state index contributed by atoms with van der Waals surface area (Å²) in [6.45, 7) is 1.91. The van der Waals surface area contributed by atoms with E-state index in [0.29, 0.717) is 6.42 Å².